The second kappa shape index (κ2) is 5.20. The lowest BCUT2D eigenvalue weighted by Gasteiger charge is -2.12. The van der Waals surface area contributed by atoms with Crippen molar-refractivity contribution in [2.24, 2.45) is 0 Å². The van der Waals surface area contributed by atoms with E-state index in [-0.39, 0.29) is 16.7 Å². The highest BCUT2D eigenvalue weighted by Gasteiger charge is 2.31. The first kappa shape index (κ1) is 15.0. The molecular formula is C15H10F4O2. The molecule has 0 amide bonds. The Morgan fingerprint density at radius 1 is 1.05 bits per heavy atom. The number of alkyl halides is 3. The molecule has 2 aromatic carbocycles. The van der Waals surface area contributed by atoms with Gasteiger partial charge in [-0.05, 0) is 48.4 Å². The van der Waals surface area contributed by atoms with Gasteiger partial charge in [-0.25, -0.2) is 9.18 Å². The zero-order valence-electron chi connectivity index (χ0n) is 10.8. The van der Waals surface area contributed by atoms with Gasteiger partial charge in [0.2, 0.25) is 0 Å². The fourth-order valence-electron chi connectivity index (χ4n) is 2.01. The number of aryl methyl sites for hydroxylation is 1. The zero-order valence-corrected chi connectivity index (χ0v) is 10.8. The van der Waals surface area contributed by atoms with E-state index in [0.717, 1.165) is 12.1 Å². The number of aromatic carboxylic acids is 1. The van der Waals surface area contributed by atoms with E-state index in [1.54, 1.807) is 0 Å². The number of benzene rings is 2. The van der Waals surface area contributed by atoms with E-state index in [1.165, 1.54) is 25.1 Å². The van der Waals surface area contributed by atoms with Crippen molar-refractivity contribution in [3.8, 4) is 11.1 Å². The van der Waals surface area contributed by atoms with Gasteiger partial charge < -0.3 is 5.11 Å². The van der Waals surface area contributed by atoms with Crippen molar-refractivity contribution in [1.82, 2.24) is 0 Å². The molecule has 0 bridgehead atoms. The van der Waals surface area contributed by atoms with Crippen LogP contribution in [0.3, 0.4) is 0 Å². The highest BCUT2D eigenvalue weighted by Crippen LogP contribution is 2.34. The summed E-state index contributed by atoms with van der Waals surface area (Å²) in [5, 5.41) is 8.85. The van der Waals surface area contributed by atoms with Gasteiger partial charge in [-0.15, -0.1) is 0 Å². The van der Waals surface area contributed by atoms with Gasteiger partial charge in [0.1, 0.15) is 5.82 Å². The number of carboxylic acids is 1. The number of carbonyl (C=O) groups is 1. The summed E-state index contributed by atoms with van der Waals surface area (Å²) in [6.45, 7) is 1.52. The van der Waals surface area contributed by atoms with Crippen LogP contribution in [0.5, 0.6) is 0 Å². The minimum Gasteiger partial charge on any atom is -0.478 e. The van der Waals surface area contributed by atoms with Crippen LogP contribution in [0.4, 0.5) is 17.6 Å². The van der Waals surface area contributed by atoms with E-state index >= 15 is 0 Å². The molecule has 0 saturated carbocycles. The summed E-state index contributed by atoms with van der Waals surface area (Å²) >= 11 is 0. The number of rotatable bonds is 2. The Hall–Kier alpha value is -2.37. The molecule has 1 N–H and O–H groups in total. The van der Waals surface area contributed by atoms with Gasteiger partial charge in [-0.2, -0.15) is 13.2 Å². The van der Waals surface area contributed by atoms with Crippen molar-refractivity contribution in [3.63, 3.8) is 0 Å². The third kappa shape index (κ3) is 3.04. The molecule has 110 valence electrons. The average Bonchev–Trinajstić information content (AvgIpc) is 2.38. The van der Waals surface area contributed by atoms with Crippen LogP contribution in [-0.2, 0) is 6.18 Å². The number of carboxylic acid groups (broad SMARTS) is 1. The molecule has 0 aliphatic rings. The highest BCUT2D eigenvalue weighted by atomic mass is 19.4. The molecule has 6 heteroatoms. The number of hydrogen-bond donors (Lipinski definition) is 1. The predicted molar refractivity (Wildman–Crippen MR) is 68.5 cm³/mol. The van der Waals surface area contributed by atoms with Gasteiger partial charge >= 0.3 is 12.1 Å². The summed E-state index contributed by atoms with van der Waals surface area (Å²) in [7, 11) is 0. The largest absolute Gasteiger partial charge is 0.478 e. The smallest absolute Gasteiger partial charge is 0.416 e. The van der Waals surface area contributed by atoms with Crippen LogP contribution < -0.4 is 0 Å². The van der Waals surface area contributed by atoms with Gasteiger partial charge in [0.05, 0.1) is 11.1 Å². The van der Waals surface area contributed by atoms with Crippen LogP contribution in [0.1, 0.15) is 21.5 Å². The molecule has 2 rings (SSSR count). The van der Waals surface area contributed by atoms with E-state index in [2.05, 4.69) is 0 Å². The zero-order chi connectivity index (χ0) is 15.8. The van der Waals surface area contributed by atoms with Crippen molar-refractivity contribution in [1.29, 1.82) is 0 Å². The first-order valence-corrected chi connectivity index (χ1v) is 5.91. The van der Waals surface area contributed by atoms with E-state index in [1.807, 2.05) is 0 Å². The van der Waals surface area contributed by atoms with Crippen LogP contribution in [0.2, 0.25) is 0 Å². The van der Waals surface area contributed by atoms with E-state index in [4.69, 9.17) is 5.11 Å². The Labute approximate surface area is 117 Å². The van der Waals surface area contributed by atoms with E-state index in [9.17, 15) is 22.4 Å². The average molecular weight is 298 g/mol. The van der Waals surface area contributed by atoms with Gasteiger partial charge in [0, 0.05) is 5.56 Å². The van der Waals surface area contributed by atoms with Crippen molar-refractivity contribution < 1.29 is 27.5 Å². The quantitative estimate of drug-likeness (QED) is 0.828. The van der Waals surface area contributed by atoms with Crippen molar-refractivity contribution >= 4 is 5.97 Å². The molecule has 0 atom stereocenters. The molecule has 21 heavy (non-hydrogen) atoms. The van der Waals surface area contributed by atoms with Crippen LogP contribution in [0, 0.1) is 12.7 Å². The predicted octanol–water partition coefficient (Wildman–Crippen LogP) is 4.52. The Bertz CT molecular complexity index is 705. The maximum absolute atomic E-state index is 13.8. The molecule has 2 nitrogen and oxygen atoms in total. The van der Waals surface area contributed by atoms with Crippen molar-refractivity contribution in [2.45, 2.75) is 13.1 Å². The Kier molecular flexibility index (Phi) is 3.72. The Morgan fingerprint density at radius 2 is 1.71 bits per heavy atom. The van der Waals surface area contributed by atoms with Crippen molar-refractivity contribution in [2.75, 3.05) is 0 Å². The summed E-state index contributed by atoms with van der Waals surface area (Å²) in [4.78, 5) is 10.8. The lowest BCUT2D eigenvalue weighted by Crippen LogP contribution is -2.05. The Balaban J connectivity index is 2.59. The van der Waals surface area contributed by atoms with Crippen LogP contribution in [-0.4, -0.2) is 11.1 Å². The van der Waals surface area contributed by atoms with E-state index in [0.29, 0.717) is 11.6 Å². The molecule has 0 heterocycles. The lowest BCUT2D eigenvalue weighted by atomic mass is 9.96. The van der Waals surface area contributed by atoms with Crippen LogP contribution >= 0.6 is 0 Å². The molecule has 0 aliphatic heterocycles. The summed E-state index contributed by atoms with van der Waals surface area (Å²) in [6.07, 6.45) is -4.57. The van der Waals surface area contributed by atoms with Gasteiger partial charge in [-0.1, -0.05) is 6.07 Å². The van der Waals surface area contributed by atoms with Gasteiger partial charge in [0.15, 0.2) is 0 Å². The summed E-state index contributed by atoms with van der Waals surface area (Å²) in [6, 6.07) is 5.96. The summed E-state index contributed by atoms with van der Waals surface area (Å²) in [5.74, 6) is -1.96. The fourth-order valence-corrected chi connectivity index (χ4v) is 2.01. The molecule has 0 aliphatic carbocycles. The maximum atomic E-state index is 13.8. The molecule has 0 aromatic heterocycles. The van der Waals surface area contributed by atoms with Crippen LogP contribution in [0.15, 0.2) is 36.4 Å². The third-order valence-electron chi connectivity index (χ3n) is 3.06. The normalized spacial score (nSPS) is 11.5. The first-order valence-electron chi connectivity index (χ1n) is 5.91. The first-order chi connectivity index (χ1) is 9.70. The molecule has 0 saturated heterocycles. The van der Waals surface area contributed by atoms with Crippen LogP contribution in [0.25, 0.3) is 11.1 Å². The van der Waals surface area contributed by atoms with Gasteiger partial charge in [0.25, 0.3) is 0 Å². The topological polar surface area (TPSA) is 37.3 Å². The monoisotopic (exact) mass is 298 g/mol. The maximum Gasteiger partial charge on any atom is 0.416 e. The summed E-state index contributed by atoms with van der Waals surface area (Å²) < 4.78 is 51.9. The molecule has 0 unspecified atom stereocenters. The summed E-state index contributed by atoms with van der Waals surface area (Å²) in [5.41, 5.74) is -0.569. The molecule has 0 radical (unpaired) electrons. The SMILES string of the molecule is Cc1cc(C(=O)O)ccc1-c1cc(C(F)(F)F)ccc1F. The second-order valence-corrected chi connectivity index (χ2v) is 4.53. The highest BCUT2D eigenvalue weighted by molar-refractivity contribution is 5.89. The molecular weight excluding hydrogens is 288 g/mol. The second-order valence-electron chi connectivity index (χ2n) is 4.53. The fraction of sp³-hybridized carbons (Fsp3) is 0.133. The minimum atomic E-state index is -4.57. The number of halogens is 4. The van der Waals surface area contributed by atoms with E-state index < -0.39 is 23.5 Å². The minimum absolute atomic E-state index is 0.0105. The lowest BCUT2D eigenvalue weighted by molar-refractivity contribution is -0.137. The standard InChI is InChI=1S/C15H10F4O2/c1-8-6-9(14(20)21)2-4-11(8)12-7-10(15(17,18)19)3-5-13(12)16/h2-7H,1H3,(H,20,21). The third-order valence-corrected chi connectivity index (χ3v) is 3.06. The molecule has 2 aromatic rings. The number of hydrogen-bond acceptors (Lipinski definition) is 1. The molecule has 0 spiro atoms. The molecule has 0 fully saturated rings. The van der Waals surface area contributed by atoms with Crippen molar-refractivity contribution in [3.05, 3.63) is 58.9 Å². The van der Waals surface area contributed by atoms with Gasteiger partial charge in [-0.3, -0.25) is 0 Å². The Morgan fingerprint density at radius 3 is 2.24 bits per heavy atom.